The van der Waals surface area contributed by atoms with Gasteiger partial charge in [0.15, 0.2) is 5.13 Å². The molecule has 1 heterocycles. The van der Waals surface area contributed by atoms with Crippen LogP contribution in [0.3, 0.4) is 0 Å². The van der Waals surface area contributed by atoms with Crippen LogP contribution in [0.15, 0.2) is 84.9 Å². The van der Waals surface area contributed by atoms with Crippen molar-refractivity contribution in [3.63, 3.8) is 0 Å². The van der Waals surface area contributed by atoms with Gasteiger partial charge in [-0.05, 0) is 40.6 Å². The molecule has 6 nitrogen and oxygen atoms in total. The lowest BCUT2D eigenvalue weighted by atomic mass is 10.1. The molecular weight excluding hydrogens is 410 g/mol. The molecule has 0 bridgehead atoms. The summed E-state index contributed by atoms with van der Waals surface area (Å²) in [7, 11) is 0. The summed E-state index contributed by atoms with van der Waals surface area (Å²) in [5.41, 5.74) is 2.25. The molecule has 1 aromatic heterocycles. The fourth-order valence-corrected chi connectivity index (χ4v) is 4.59. The molecule has 7 heteroatoms. The monoisotopic (exact) mass is 427 g/mol. The van der Waals surface area contributed by atoms with Crippen molar-refractivity contribution in [3.05, 3.63) is 101 Å². The third kappa shape index (κ3) is 3.67. The van der Waals surface area contributed by atoms with Crippen molar-refractivity contribution < 1.29 is 10.0 Å². The van der Waals surface area contributed by atoms with Gasteiger partial charge < -0.3 is 10.0 Å². The Kier molecular flexibility index (Phi) is 4.72. The molecule has 0 saturated heterocycles. The Morgan fingerprint density at radius 3 is 2.45 bits per heavy atom. The molecule has 0 amide bonds. The van der Waals surface area contributed by atoms with E-state index in [1.165, 1.54) is 17.4 Å². The van der Waals surface area contributed by atoms with E-state index in [0.717, 1.165) is 26.6 Å². The largest absolute Gasteiger partial charge is 0.506 e. The minimum atomic E-state index is -0.404. The quantitative estimate of drug-likeness (QED) is 0.259. The topological polar surface area (TPSA) is 79.5 Å². The van der Waals surface area contributed by atoms with Crippen molar-refractivity contribution in [3.8, 4) is 5.75 Å². The van der Waals surface area contributed by atoms with Gasteiger partial charge in [-0.1, -0.05) is 59.9 Å². The number of phenolic OH excluding ortho intramolecular Hbond substituents is 1. The molecule has 152 valence electrons. The fourth-order valence-electron chi connectivity index (χ4n) is 3.61. The van der Waals surface area contributed by atoms with Crippen LogP contribution < -0.4 is 4.90 Å². The molecule has 0 aliphatic carbocycles. The van der Waals surface area contributed by atoms with E-state index in [1.807, 2.05) is 65.6 Å². The van der Waals surface area contributed by atoms with E-state index < -0.39 is 4.92 Å². The van der Waals surface area contributed by atoms with Gasteiger partial charge in [-0.15, -0.1) is 0 Å². The molecule has 5 aromatic rings. The highest BCUT2D eigenvalue weighted by Crippen LogP contribution is 2.40. The van der Waals surface area contributed by atoms with Crippen LogP contribution in [-0.2, 0) is 6.54 Å². The van der Waals surface area contributed by atoms with E-state index in [0.29, 0.717) is 17.4 Å². The number of hydrogen-bond donors (Lipinski definition) is 1. The van der Waals surface area contributed by atoms with Crippen LogP contribution in [0.5, 0.6) is 5.75 Å². The summed E-state index contributed by atoms with van der Waals surface area (Å²) in [4.78, 5) is 17.5. The highest BCUT2D eigenvalue weighted by molar-refractivity contribution is 7.22. The Bertz CT molecular complexity index is 1400. The van der Waals surface area contributed by atoms with E-state index in [9.17, 15) is 15.2 Å². The summed E-state index contributed by atoms with van der Waals surface area (Å²) < 4.78 is 1.03. The van der Waals surface area contributed by atoms with E-state index >= 15 is 0 Å². The second kappa shape index (κ2) is 7.70. The minimum Gasteiger partial charge on any atom is -0.506 e. The molecule has 0 spiro atoms. The highest BCUT2D eigenvalue weighted by Gasteiger charge is 2.20. The Balaban J connectivity index is 1.66. The Hall–Kier alpha value is -3.97. The zero-order valence-electron chi connectivity index (χ0n) is 16.3. The maximum atomic E-state index is 11.2. The Morgan fingerprint density at radius 1 is 0.935 bits per heavy atom. The first-order valence-electron chi connectivity index (χ1n) is 9.67. The Morgan fingerprint density at radius 2 is 1.68 bits per heavy atom. The van der Waals surface area contributed by atoms with Gasteiger partial charge in [0.1, 0.15) is 5.75 Å². The number of non-ortho nitro benzene ring substituents is 1. The van der Waals surface area contributed by atoms with Gasteiger partial charge in [0.25, 0.3) is 5.69 Å². The van der Waals surface area contributed by atoms with Crippen molar-refractivity contribution in [1.82, 2.24) is 4.98 Å². The van der Waals surface area contributed by atoms with Gasteiger partial charge in [-0.2, -0.15) is 0 Å². The molecule has 1 N–H and O–H groups in total. The third-order valence-electron chi connectivity index (χ3n) is 5.11. The average molecular weight is 427 g/mol. The van der Waals surface area contributed by atoms with Gasteiger partial charge >= 0.3 is 0 Å². The summed E-state index contributed by atoms with van der Waals surface area (Å²) in [6, 6.07) is 25.8. The first-order valence-corrected chi connectivity index (χ1v) is 10.5. The molecule has 31 heavy (non-hydrogen) atoms. The summed E-state index contributed by atoms with van der Waals surface area (Å²) in [6.07, 6.45) is 0. The number of rotatable bonds is 5. The standard InChI is InChI=1S/C24H17N3O3S/c28-22-14-18-8-2-1-7-17(18)13-21(22)26(15-16-6-5-9-19(12-16)27(29)30)24-25-20-10-3-4-11-23(20)31-24/h1-14,28H,15H2. The van der Waals surface area contributed by atoms with Gasteiger partial charge in [-0.25, -0.2) is 4.98 Å². The van der Waals surface area contributed by atoms with Gasteiger partial charge in [0.05, 0.1) is 27.4 Å². The lowest BCUT2D eigenvalue weighted by molar-refractivity contribution is -0.384. The smallest absolute Gasteiger partial charge is 0.269 e. The first kappa shape index (κ1) is 19.0. The van der Waals surface area contributed by atoms with Crippen LogP contribution in [0, 0.1) is 10.1 Å². The minimum absolute atomic E-state index is 0.0319. The fraction of sp³-hybridized carbons (Fsp3) is 0.0417. The third-order valence-corrected chi connectivity index (χ3v) is 6.17. The van der Waals surface area contributed by atoms with Crippen LogP contribution in [0.4, 0.5) is 16.5 Å². The maximum Gasteiger partial charge on any atom is 0.269 e. The van der Waals surface area contributed by atoms with Crippen LogP contribution in [0.2, 0.25) is 0 Å². The maximum absolute atomic E-state index is 11.2. The lowest BCUT2D eigenvalue weighted by Gasteiger charge is -2.23. The molecule has 0 fully saturated rings. The van der Waals surface area contributed by atoms with Crippen LogP contribution in [0.1, 0.15) is 5.56 Å². The number of nitro benzene ring substituents is 1. The normalized spacial score (nSPS) is 11.1. The summed E-state index contributed by atoms with van der Waals surface area (Å²) >= 11 is 1.51. The van der Waals surface area contributed by atoms with Gasteiger partial charge in [0.2, 0.25) is 0 Å². The van der Waals surface area contributed by atoms with Crippen molar-refractivity contribution in [1.29, 1.82) is 0 Å². The predicted molar refractivity (Wildman–Crippen MR) is 124 cm³/mol. The SMILES string of the molecule is O=[N+]([O-])c1cccc(CN(c2nc3ccccc3s2)c2cc3ccccc3cc2O)c1. The van der Waals surface area contributed by atoms with Crippen molar-refractivity contribution >= 4 is 48.8 Å². The zero-order chi connectivity index (χ0) is 21.4. The number of aromatic nitrogens is 1. The first-order chi connectivity index (χ1) is 15.1. The molecule has 0 aliphatic rings. The second-order valence-corrected chi connectivity index (χ2v) is 8.17. The number of hydrogen-bond acceptors (Lipinski definition) is 6. The van der Waals surface area contributed by atoms with Crippen LogP contribution >= 0.6 is 11.3 Å². The molecule has 0 saturated carbocycles. The number of thiazole rings is 1. The van der Waals surface area contributed by atoms with E-state index in [1.54, 1.807) is 18.2 Å². The lowest BCUT2D eigenvalue weighted by Crippen LogP contribution is -2.16. The van der Waals surface area contributed by atoms with Crippen molar-refractivity contribution in [2.75, 3.05) is 4.90 Å². The number of nitro groups is 1. The average Bonchev–Trinajstić information content (AvgIpc) is 3.21. The van der Waals surface area contributed by atoms with E-state index in [2.05, 4.69) is 0 Å². The second-order valence-electron chi connectivity index (χ2n) is 7.17. The van der Waals surface area contributed by atoms with Crippen molar-refractivity contribution in [2.45, 2.75) is 6.54 Å². The predicted octanol–water partition coefficient (Wildman–Crippen LogP) is 6.40. The van der Waals surface area contributed by atoms with Gasteiger partial charge in [0, 0.05) is 12.1 Å². The number of para-hydroxylation sites is 1. The number of benzene rings is 4. The molecule has 4 aromatic carbocycles. The highest BCUT2D eigenvalue weighted by atomic mass is 32.1. The molecule has 0 atom stereocenters. The molecule has 5 rings (SSSR count). The van der Waals surface area contributed by atoms with Crippen molar-refractivity contribution in [2.24, 2.45) is 0 Å². The van der Waals surface area contributed by atoms with E-state index in [-0.39, 0.29) is 11.4 Å². The number of aromatic hydroxyl groups is 1. The summed E-state index contributed by atoms with van der Waals surface area (Å²) in [6.45, 7) is 0.327. The number of nitrogens with zero attached hydrogens (tertiary/aromatic N) is 3. The number of fused-ring (bicyclic) bond motifs is 2. The van der Waals surface area contributed by atoms with Gasteiger partial charge in [-0.3, -0.25) is 10.1 Å². The van der Waals surface area contributed by atoms with Crippen LogP contribution in [0.25, 0.3) is 21.0 Å². The van der Waals surface area contributed by atoms with Crippen LogP contribution in [-0.4, -0.2) is 15.0 Å². The molecular formula is C24H17N3O3S. The summed E-state index contributed by atoms with van der Waals surface area (Å²) in [5.74, 6) is 0.128. The number of anilines is 2. The molecule has 0 radical (unpaired) electrons. The van der Waals surface area contributed by atoms with E-state index in [4.69, 9.17) is 4.98 Å². The molecule has 0 aliphatic heterocycles. The Labute approximate surface area is 181 Å². The number of phenols is 1. The summed E-state index contributed by atoms with van der Waals surface area (Å²) in [5, 5.41) is 24.7. The zero-order valence-corrected chi connectivity index (χ0v) is 17.1. The molecule has 0 unspecified atom stereocenters.